The van der Waals surface area contributed by atoms with E-state index in [0.717, 1.165) is 28.9 Å². The van der Waals surface area contributed by atoms with Gasteiger partial charge >= 0.3 is 6.09 Å². The molecule has 2 aliphatic carbocycles. The van der Waals surface area contributed by atoms with Crippen LogP contribution in [-0.2, 0) is 20.9 Å². The quantitative estimate of drug-likeness (QED) is 0.439. The van der Waals surface area contributed by atoms with Gasteiger partial charge in [-0.1, -0.05) is 18.6 Å². The van der Waals surface area contributed by atoms with E-state index in [9.17, 15) is 14.4 Å². The van der Waals surface area contributed by atoms with Gasteiger partial charge in [-0.3, -0.25) is 14.5 Å². The third-order valence-corrected chi connectivity index (χ3v) is 9.82. The zero-order valence-corrected chi connectivity index (χ0v) is 24.5. The second kappa shape index (κ2) is 12.9. The Labute approximate surface area is 234 Å². The first-order valence-corrected chi connectivity index (χ1v) is 15.8. The summed E-state index contributed by atoms with van der Waals surface area (Å²) in [5.74, 6) is 5.02. The number of amides is 3. The lowest BCUT2D eigenvalue weighted by Crippen LogP contribution is -2.55. The molecule has 0 aromatic heterocycles. The summed E-state index contributed by atoms with van der Waals surface area (Å²) >= 11 is 3.26. The molecule has 5 atom stereocenters. The molecule has 0 radical (unpaired) electrons. The molecule has 1 aromatic rings. The van der Waals surface area contributed by atoms with Crippen LogP contribution in [0.1, 0.15) is 52.0 Å². The summed E-state index contributed by atoms with van der Waals surface area (Å²) in [5, 5.41) is 5.95. The average Bonchev–Trinajstić information content (AvgIpc) is 3.63. The first kappa shape index (κ1) is 28.9. The van der Waals surface area contributed by atoms with Crippen molar-refractivity contribution in [2.75, 3.05) is 30.2 Å². The molecule has 2 saturated carbocycles. The predicted molar refractivity (Wildman–Crippen MR) is 152 cm³/mol. The second-order valence-corrected chi connectivity index (χ2v) is 13.6. The van der Waals surface area contributed by atoms with Crippen LogP contribution in [0, 0.1) is 17.8 Å². The molecule has 3 amide bonds. The summed E-state index contributed by atoms with van der Waals surface area (Å²) in [7, 11) is 1.62. The molecule has 0 unspecified atom stereocenters. The van der Waals surface area contributed by atoms with E-state index in [-0.39, 0.29) is 11.8 Å². The van der Waals surface area contributed by atoms with E-state index in [4.69, 9.17) is 9.47 Å². The number of rotatable bonds is 10. The van der Waals surface area contributed by atoms with E-state index < -0.39 is 23.8 Å². The van der Waals surface area contributed by atoms with Crippen LogP contribution >= 0.6 is 23.5 Å². The summed E-state index contributed by atoms with van der Waals surface area (Å²) in [5.41, 5.74) is 0.299. The molecule has 2 bridgehead atoms. The molecule has 1 aromatic carbocycles. The summed E-state index contributed by atoms with van der Waals surface area (Å²) in [4.78, 5) is 40.8. The SMILES string of the molecule is COc1ccc(CNC(=O)[C@H](CSC[C@@H]2C[C@@H]3CC[C@H]2C3)NC(=O)[C@@H]2CSCN2C(=O)OC(C)(C)C)cc1. The highest BCUT2D eigenvalue weighted by Gasteiger charge is 2.40. The summed E-state index contributed by atoms with van der Waals surface area (Å²) in [6, 6.07) is 6.18. The zero-order chi connectivity index (χ0) is 27.3. The zero-order valence-electron chi connectivity index (χ0n) is 22.9. The number of thioether (sulfide) groups is 2. The highest BCUT2D eigenvalue weighted by molar-refractivity contribution is 7.99. The second-order valence-electron chi connectivity index (χ2n) is 11.6. The maximum atomic E-state index is 13.3. The van der Waals surface area contributed by atoms with E-state index in [1.165, 1.54) is 42.3 Å². The molecular weight excluding hydrogens is 522 g/mol. The van der Waals surface area contributed by atoms with Crippen molar-refractivity contribution < 1.29 is 23.9 Å². The Hall–Kier alpha value is -2.07. The average molecular weight is 564 g/mol. The van der Waals surface area contributed by atoms with Gasteiger partial charge in [-0.15, -0.1) is 11.8 Å². The van der Waals surface area contributed by atoms with Crippen LogP contribution in [0.2, 0.25) is 0 Å². The maximum Gasteiger partial charge on any atom is 0.411 e. The largest absolute Gasteiger partial charge is 0.497 e. The molecular formula is C28H41N3O5S2. The number of fused-ring (bicyclic) bond motifs is 2. The summed E-state index contributed by atoms with van der Waals surface area (Å²) < 4.78 is 10.7. The number of carbonyl (C=O) groups excluding carboxylic acids is 3. The number of ether oxygens (including phenoxy) is 2. The molecule has 4 rings (SSSR count). The number of hydrogen-bond donors (Lipinski definition) is 2. The Morgan fingerprint density at radius 3 is 2.55 bits per heavy atom. The van der Waals surface area contributed by atoms with Crippen LogP contribution in [0.3, 0.4) is 0 Å². The fourth-order valence-corrected chi connectivity index (χ4v) is 8.04. The minimum absolute atomic E-state index is 0.218. The minimum Gasteiger partial charge on any atom is -0.497 e. The standard InChI is InChI=1S/C28H41N3O5S2/c1-28(2,3)36-27(34)31-17-38-16-24(31)26(33)30-23(15-37-14-21-12-19-5-8-20(21)11-19)25(32)29-13-18-6-9-22(35-4)10-7-18/h6-7,9-10,19-21,23-24H,5,8,11-17H2,1-4H3,(H,29,32)(H,30,33)/t19-,20+,21+,23+,24+/m1/s1. The van der Waals surface area contributed by atoms with E-state index in [1.807, 2.05) is 24.3 Å². The first-order valence-electron chi connectivity index (χ1n) is 13.5. The third-order valence-electron chi connectivity index (χ3n) is 7.57. The molecule has 3 aliphatic rings. The molecule has 210 valence electrons. The topological polar surface area (TPSA) is 97.0 Å². The van der Waals surface area contributed by atoms with Crippen molar-refractivity contribution in [1.29, 1.82) is 0 Å². The molecule has 2 N–H and O–H groups in total. The van der Waals surface area contributed by atoms with Gasteiger partial charge in [0.2, 0.25) is 11.8 Å². The molecule has 1 aliphatic heterocycles. The van der Waals surface area contributed by atoms with Crippen LogP contribution < -0.4 is 15.4 Å². The van der Waals surface area contributed by atoms with E-state index in [0.29, 0.717) is 29.8 Å². The minimum atomic E-state index is -0.685. The van der Waals surface area contributed by atoms with Crippen molar-refractivity contribution in [3.63, 3.8) is 0 Å². The molecule has 38 heavy (non-hydrogen) atoms. The van der Waals surface area contributed by atoms with Crippen LogP contribution in [0.5, 0.6) is 5.75 Å². The fraction of sp³-hybridized carbons (Fsp3) is 0.679. The number of nitrogens with one attached hydrogen (secondary N) is 2. The number of nitrogens with zero attached hydrogens (tertiary/aromatic N) is 1. The van der Waals surface area contributed by atoms with Gasteiger partial charge < -0.3 is 20.1 Å². The lowest BCUT2D eigenvalue weighted by molar-refractivity contribution is -0.130. The van der Waals surface area contributed by atoms with E-state index in [1.54, 1.807) is 39.6 Å². The highest BCUT2D eigenvalue weighted by atomic mass is 32.2. The van der Waals surface area contributed by atoms with Crippen molar-refractivity contribution in [3.05, 3.63) is 29.8 Å². The highest BCUT2D eigenvalue weighted by Crippen LogP contribution is 2.49. The monoisotopic (exact) mass is 563 g/mol. The number of benzene rings is 1. The Morgan fingerprint density at radius 1 is 1.16 bits per heavy atom. The predicted octanol–water partition coefficient (Wildman–Crippen LogP) is 4.28. The third kappa shape index (κ3) is 7.74. The van der Waals surface area contributed by atoms with Gasteiger partial charge in [0.05, 0.1) is 13.0 Å². The molecule has 1 saturated heterocycles. The Balaban J connectivity index is 1.36. The van der Waals surface area contributed by atoms with Crippen LogP contribution in [0.4, 0.5) is 4.79 Å². The van der Waals surface area contributed by atoms with Crippen LogP contribution in [-0.4, -0.2) is 70.7 Å². The van der Waals surface area contributed by atoms with Gasteiger partial charge in [-0.25, -0.2) is 4.79 Å². The van der Waals surface area contributed by atoms with Gasteiger partial charge in [0, 0.05) is 18.1 Å². The lowest BCUT2D eigenvalue weighted by atomic mass is 9.90. The van der Waals surface area contributed by atoms with Crippen molar-refractivity contribution >= 4 is 41.4 Å². The maximum absolute atomic E-state index is 13.3. The number of methoxy groups -OCH3 is 1. The number of hydrogen-bond acceptors (Lipinski definition) is 7. The Kier molecular flexibility index (Phi) is 9.79. The molecule has 1 heterocycles. The molecule has 3 fully saturated rings. The normalized spacial score (nSPS) is 25.2. The van der Waals surface area contributed by atoms with Crippen LogP contribution in [0.15, 0.2) is 24.3 Å². The Bertz CT molecular complexity index is 984. The van der Waals surface area contributed by atoms with Crippen LogP contribution in [0.25, 0.3) is 0 Å². The van der Waals surface area contributed by atoms with Gasteiger partial charge in [-0.2, -0.15) is 11.8 Å². The summed E-state index contributed by atoms with van der Waals surface area (Å²) in [6.07, 6.45) is 4.84. The summed E-state index contributed by atoms with van der Waals surface area (Å²) in [6.45, 7) is 5.77. The molecule has 10 heteroatoms. The van der Waals surface area contributed by atoms with E-state index in [2.05, 4.69) is 10.6 Å². The van der Waals surface area contributed by atoms with Gasteiger partial charge in [0.15, 0.2) is 0 Å². The molecule has 8 nitrogen and oxygen atoms in total. The Morgan fingerprint density at radius 2 is 1.92 bits per heavy atom. The van der Waals surface area contributed by atoms with Gasteiger partial charge in [0.25, 0.3) is 0 Å². The van der Waals surface area contributed by atoms with Crippen molar-refractivity contribution in [2.24, 2.45) is 17.8 Å². The van der Waals surface area contributed by atoms with E-state index >= 15 is 0 Å². The smallest absolute Gasteiger partial charge is 0.411 e. The number of carbonyl (C=O) groups is 3. The van der Waals surface area contributed by atoms with Crippen molar-refractivity contribution in [2.45, 2.75) is 70.7 Å². The van der Waals surface area contributed by atoms with Crippen molar-refractivity contribution in [3.8, 4) is 5.75 Å². The van der Waals surface area contributed by atoms with Crippen molar-refractivity contribution in [1.82, 2.24) is 15.5 Å². The fourth-order valence-electron chi connectivity index (χ4n) is 5.58. The lowest BCUT2D eigenvalue weighted by Gasteiger charge is -2.28. The van der Waals surface area contributed by atoms with Gasteiger partial charge in [-0.05, 0) is 81.2 Å². The molecule has 0 spiro atoms. The first-order chi connectivity index (χ1) is 18.1. The van der Waals surface area contributed by atoms with Gasteiger partial charge in [0.1, 0.15) is 23.4 Å².